The summed E-state index contributed by atoms with van der Waals surface area (Å²) in [7, 11) is 0. The molecule has 5 nitrogen and oxygen atoms in total. The van der Waals surface area contributed by atoms with E-state index in [1.165, 1.54) is 24.0 Å². The van der Waals surface area contributed by atoms with E-state index in [4.69, 9.17) is 0 Å². The van der Waals surface area contributed by atoms with E-state index >= 15 is 0 Å². The minimum absolute atomic E-state index is 0.0166. The molecule has 1 aromatic rings. The number of hydrogen-bond acceptors (Lipinski definition) is 5. The molecule has 0 saturated carbocycles. The van der Waals surface area contributed by atoms with Gasteiger partial charge in [0.15, 0.2) is 5.17 Å². The molecule has 0 unspecified atom stereocenters. The molecule has 1 atom stereocenters. The van der Waals surface area contributed by atoms with Crippen LogP contribution in [0.3, 0.4) is 0 Å². The van der Waals surface area contributed by atoms with Gasteiger partial charge in [-0.2, -0.15) is 13.9 Å². The fraction of sp³-hybridized carbons (Fsp3) is 0.250. The first-order valence-electron chi connectivity index (χ1n) is 5.68. The third-order valence-electron chi connectivity index (χ3n) is 2.37. The van der Waals surface area contributed by atoms with Gasteiger partial charge in [0.25, 0.3) is 0 Å². The number of benzene rings is 1. The standard InChI is InChI=1S/C12H11F2N3O2S/c1-7-10(18)16-12(20-7)17-15-6-8-4-2-3-5-9(8)19-11(13)14/h2-7,11H,1H3,(H,16,17,18)/b15-6-/t7-/m1/s1. The Labute approximate surface area is 118 Å². The molecule has 1 aliphatic rings. The maximum atomic E-state index is 12.2. The third kappa shape index (κ3) is 3.77. The SMILES string of the molecule is C[C@H]1S/C(=N/N=C\c2ccccc2OC(F)F)NC1=O. The first-order chi connectivity index (χ1) is 9.56. The summed E-state index contributed by atoms with van der Waals surface area (Å²) in [6.45, 7) is -1.15. The van der Waals surface area contributed by atoms with Gasteiger partial charge in [-0.3, -0.25) is 4.79 Å². The number of rotatable bonds is 4. The summed E-state index contributed by atoms with van der Waals surface area (Å²) in [5.41, 5.74) is 0.375. The minimum Gasteiger partial charge on any atom is -0.434 e. The van der Waals surface area contributed by atoms with Crippen molar-refractivity contribution in [3.63, 3.8) is 0 Å². The van der Waals surface area contributed by atoms with E-state index in [-0.39, 0.29) is 16.9 Å². The number of nitrogens with zero attached hydrogens (tertiary/aromatic N) is 2. The van der Waals surface area contributed by atoms with E-state index in [1.807, 2.05) is 0 Å². The van der Waals surface area contributed by atoms with Crippen molar-refractivity contribution in [2.24, 2.45) is 10.2 Å². The van der Waals surface area contributed by atoms with Crippen molar-refractivity contribution in [3.05, 3.63) is 29.8 Å². The monoisotopic (exact) mass is 299 g/mol. The van der Waals surface area contributed by atoms with Gasteiger partial charge >= 0.3 is 6.61 Å². The predicted molar refractivity (Wildman–Crippen MR) is 73.3 cm³/mol. The second kappa shape index (κ2) is 6.47. The number of amides is 1. The van der Waals surface area contributed by atoms with Crippen LogP contribution in [0, 0.1) is 0 Å². The van der Waals surface area contributed by atoms with Gasteiger partial charge in [-0.1, -0.05) is 23.9 Å². The Balaban J connectivity index is 2.08. The predicted octanol–water partition coefficient (Wildman–Crippen LogP) is 2.23. The number of ether oxygens (including phenoxy) is 1. The summed E-state index contributed by atoms with van der Waals surface area (Å²) >= 11 is 1.25. The molecule has 2 rings (SSSR count). The van der Waals surface area contributed by atoms with Gasteiger partial charge in [0.2, 0.25) is 5.91 Å². The summed E-state index contributed by atoms with van der Waals surface area (Å²) in [6.07, 6.45) is 1.29. The van der Waals surface area contributed by atoms with E-state index < -0.39 is 6.61 Å². The van der Waals surface area contributed by atoms with Gasteiger partial charge in [-0.05, 0) is 19.1 Å². The molecule has 0 aliphatic carbocycles. The van der Waals surface area contributed by atoms with Crippen molar-refractivity contribution in [2.75, 3.05) is 0 Å². The Kier molecular flexibility index (Phi) is 4.67. The molecule has 1 aliphatic heterocycles. The molecule has 0 bridgehead atoms. The number of halogens is 2. The molecule has 20 heavy (non-hydrogen) atoms. The van der Waals surface area contributed by atoms with Crippen molar-refractivity contribution in [3.8, 4) is 5.75 Å². The van der Waals surface area contributed by atoms with Crippen LogP contribution in [0.5, 0.6) is 5.75 Å². The van der Waals surface area contributed by atoms with Gasteiger partial charge in [-0.25, -0.2) is 0 Å². The zero-order chi connectivity index (χ0) is 14.5. The van der Waals surface area contributed by atoms with E-state index in [9.17, 15) is 13.6 Å². The number of nitrogens with one attached hydrogen (secondary N) is 1. The molecule has 0 radical (unpaired) electrons. The van der Waals surface area contributed by atoms with Crippen molar-refractivity contribution < 1.29 is 18.3 Å². The Hall–Kier alpha value is -1.96. The van der Waals surface area contributed by atoms with Gasteiger partial charge in [0.05, 0.1) is 11.5 Å². The second-order valence-corrected chi connectivity index (χ2v) is 5.14. The van der Waals surface area contributed by atoms with Crippen LogP contribution in [0.1, 0.15) is 12.5 Å². The van der Waals surface area contributed by atoms with Gasteiger partial charge < -0.3 is 10.1 Å². The number of thioether (sulfide) groups is 1. The van der Waals surface area contributed by atoms with Crippen LogP contribution < -0.4 is 10.1 Å². The Morgan fingerprint density at radius 3 is 2.85 bits per heavy atom. The van der Waals surface area contributed by atoms with Gasteiger partial charge in [-0.15, -0.1) is 5.10 Å². The van der Waals surface area contributed by atoms with E-state index in [1.54, 1.807) is 25.1 Å². The fourth-order valence-electron chi connectivity index (χ4n) is 1.44. The summed E-state index contributed by atoms with van der Waals surface area (Å²) in [5.74, 6) is -0.117. The van der Waals surface area contributed by atoms with Crippen LogP contribution in [0.2, 0.25) is 0 Å². The van der Waals surface area contributed by atoms with Crippen molar-refractivity contribution in [1.29, 1.82) is 0 Å². The zero-order valence-electron chi connectivity index (χ0n) is 10.4. The molecule has 0 spiro atoms. The smallest absolute Gasteiger partial charge is 0.387 e. The third-order valence-corrected chi connectivity index (χ3v) is 3.34. The molecule has 0 aromatic heterocycles. The highest BCUT2D eigenvalue weighted by Crippen LogP contribution is 2.20. The number of carbonyl (C=O) groups is 1. The lowest BCUT2D eigenvalue weighted by Gasteiger charge is -2.06. The first kappa shape index (κ1) is 14.4. The summed E-state index contributed by atoms with van der Waals surface area (Å²) in [6, 6.07) is 6.23. The number of para-hydroxylation sites is 1. The molecular weight excluding hydrogens is 288 g/mol. The fourth-order valence-corrected chi connectivity index (χ4v) is 2.19. The summed E-state index contributed by atoms with van der Waals surface area (Å²) in [4.78, 5) is 11.2. The molecule has 1 saturated heterocycles. The lowest BCUT2D eigenvalue weighted by molar-refractivity contribution is -0.118. The van der Waals surface area contributed by atoms with E-state index in [0.717, 1.165) is 0 Å². The number of hydrogen-bond donors (Lipinski definition) is 1. The maximum Gasteiger partial charge on any atom is 0.387 e. The van der Waals surface area contributed by atoms with Crippen LogP contribution in [-0.2, 0) is 4.79 Å². The molecule has 1 aromatic carbocycles. The minimum atomic E-state index is -2.90. The Morgan fingerprint density at radius 2 is 2.20 bits per heavy atom. The molecule has 1 fully saturated rings. The van der Waals surface area contributed by atoms with Crippen LogP contribution in [0.4, 0.5) is 8.78 Å². The molecular formula is C12H11F2N3O2S. The van der Waals surface area contributed by atoms with Gasteiger partial charge in [0, 0.05) is 5.56 Å². The van der Waals surface area contributed by atoms with Crippen LogP contribution in [0.15, 0.2) is 34.5 Å². The largest absolute Gasteiger partial charge is 0.434 e. The van der Waals surface area contributed by atoms with Crippen LogP contribution in [0.25, 0.3) is 0 Å². The average Bonchev–Trinajstić information content (AvgIpc) is 2.70. The Bertz CT molecular complexity index is 563. The van der Waals surface area contributed by atoms with Crippen molar-refractivity contribution in [1.82, 2.24) is 5.32 Å². The normalized spacial score (nSPS) is 20.9. The number of alkyl halides is 2. The van der Waals surface area contributed by atoms with Crippen LogP contribution >= 0.6 is 11.8 Å². The zero-order valence-corrected chi connectivity index (χ0v) is 11.2. The molecule has 106 valence electrons. The lowest BCUT2D eigenvalue weighted by atomic mass is 10.2. The van der Waals surface area contributed by atoms with Crippen molar-refractivity contribution >= 4 is 29.1 Å². The summed E-state index contributed by atoms with van der Waals surface area (Å²) < 4.78 is 28.8. The van der Waals surface area contributed by atoms with Crippen molar-refractivity contribution in [2.45, 2.75) is 18.8 Å². The lowest BCUT2D eigenvalue weighted by Crippen LogP contribution is -2.23. The highest BCUT2D eigenvalue weighted by Gasteiger charge is 2.25. The molecule has 8 heteroatoms. The maximum absolute atomic E-state index is 12.2. The highest BCUT2D eigenvalue weighted by molar-refractivity contribution is 8.15. The topological polar surface area (TPSA) is 63.1 Å². The number of carbonyl (C=O) groups excluding carboxylic acids is 1. The van der Waals surface area contributed by atoms with Crippen LogP contribution in [-0.4, -0.2) is 29.2 Å². The Morgan fingerprint density at radius 1 is 1.45 bits per heavy atom. The molecule has 1 amide bonds. The van der Waals surface area contributed by atoms with E-state index in [2.05, 4.69) is 20.3 Å². The quantitative estimate of drug-likeness (QED) is 0.685. The van der Waals surface area contributed by atoms with Gasteiger partial charge in [0.1, 0.15) is 5.75 Å². The average molecular weight is 299 g/mol. The van der Waals surface area contributed by atoms with E-state index in [0.29, 0.717) is 10.7 Å². The summed E-state index contributed by atoms with van der Waals surface area (Å²) in [5, 5.41) is 10.3. The second-order valence-electron chi connectivity index (χ2n) is 3.82. The molecule has 1 N–H and O–H groups in total. The highest BCUT2D eigenvalue weighted by atomic mass is 32.2. The number of amidine groups is 1. The molecule has 1 heterocycles. The first-order valence-corrected chi connectivity index (χ1v) is 6.56.